The average molecular weight is 238 g/mol. The summed E-state index contributed by atoms with van der Waals surface area (Å²) in [7, 11) is 0. The van der Waals surface area contributed by atoms with E-state index in [4.69, 9.17) is 5.73 Å². The monoisotopic (exact) mass is 238 g/mol. The summed E-state index contributed by atoms with van der Waals surface area (Å²) < 4.78 is 0. The van der Waals surface area contributed by atoms with E-state index in [9.17, 15) is 0 Å². The third-order valence-corrected chi connectivity index (χ3v) is 5.32. The van der Waals surface area contributed by atoms with E-state index in [0.29, 0.717) is 11.5 Å². The van der Waals surface area contributed by atoms with E-state index in [1.807, 2.05) is 0 Å². The number of hydrogen-bond acceptors (Lipinski definition) is 2. The number of hydrogen-bond donors (Lipinski definition) is 1. The normalized spacial score (nSPS) is 38.5. The minimum absolute atomic E-state index is 0.506. The molecule has 0 spiro atoms. The van der Waals surface area contributed by atoms with E-state index in [1.165, 1.54) is 45.1 Å². The quantitative estimate of drug-likeness (QED) is 0.819. The van der Waals surface area contributed by atoms with Crippen LogP contribution in [0, 0.1) is 11.3 Å². The lowest BCUT2D eigenvalue weighted by molar-refractivity contribution is 0.0282. The van der Waals surface area contributed by atoms with Crippen LogP contribution in [0.25, 0.3) is 0 Å². The molecule has 3 unspecified atom stereocenters. The summed E-state index contributed by atoms with van der Waals surface area (Å²) in [6, 6.07) is 1.44. The van der Waals surface area contributed by atoms with Gasteiger partial charge in [-0.15, -0.1) is 0 Å². The largest absolute Gasteiger partial charge is 0.329 e. The maximum Gasteiger partial charge on any atom is 0.0224 e. The molecule has 2 nitrogen and oxygen atoms in total. The summed E-state index contributed by atoms with van der Waals surface area (Å²) >= 11 is 0. The van der Waals surface area contributed by atoms with Gasteiger partial charge in [-0.05, 0) is 43.6 Å². The molecule has 2 rings (SSSR count). The Morgan fingerprint density at radius 1 is 1.29 bits per heavy atom. The second-order valence-corrected chi connectivity index (χ2v) is 6.82. The third kappa shape index (κ3) is 2.68. The van der Waals surface area contributed by atoms with Gasteiger partial charge >= 0.3 is 0 Å². The number of nitrogens with two attached hydrogens (primary N) is 1. The molecule has 1 aliphatic carbocycles. The molecule has 17 heavy (non-hydrogen) atoms. The molecule has 1 aliphatic heterocycles. The first kappa shape index (κ1) is 13.4. The van der Waals surface area contributed by atoms with Crippen LogP contribution in [0.5, 0.6) is 0 Å². The molecule has 0 aromatic carbocycles. The van der Waals surface area contributed by atoms with E-state index in [0.717, 1.165) is 18.5 Å². The smallest absolute Gasteiger partial charge is 0.0224 e. The number of piperidine rings is 1. The van der Waals surface area contributed by atoms with E-state index < -0.39 is 0 Å². The van der Waals surface area contributed by atoms with Crippen LogP contribution in [0.1, 0.15) is 59.3 Å². The molecule has 100 valence electrons. The fourth-order valence-electron chi connectivity index (χ4n) is 4.09. The average Bonchev–Trinajstić information content (AvgIpc) is 2.68. The highest BCUT2D eigenvalue weighted by Gasteiger charge is 2.42. The Balaban J connectivity index is 2.05. The van der Waals surface area contributed by atoms with Gasteiger partial charge in [0.15, 0.2) is 0 Å². The lowest BCUT2D eigenvalue weighted by Gasteiger charge is -2.46. The molecule has 1 saturated heterocycles. The molecule has 0 bridgehead atoms. The predicted octanol–water partition coefficient (Wildman–Crippen LogP) is 3.01. The first-order chi connectivity index (χ1) is 8.08. The second kappa shape index (κ2) is 5.27. The fraction of sp³-hybridized carbons (Fsp3) is 1.00. The highest BCUT2D eigenvalue weighted by Crippen LogP contribution is 2.43. The standard InChI is InChI=1S/C15H30N2/c1-4-12-7-9-17(13(10-12)11-16)14-6-5-8-15(14,2)3/h12-14H,4-11,16H2,1-3H3. The topological polar surface area (TPSA) is 29.3 Å². The molecule has 0 aromatic heterocycles. The van der Waals surface area contributed by atoms with Crippen LogP contribution >= 0.6 is 0 Å². The van der Waals surface area contributed by atoms with Crippen molar-refractivity contribution in [3.8, 4) is 0 Å². The molecule has 2 aliphatic rings. The van der Waals surface area contributed by atoms with Crippen molar-refractivity contribution in [2.45, 2.75) is 71.4 Å². The highest BCUT2D eigenvalue weighted by molar-refractivity contribution is 4.96. The molecule has 3 atom stereocenters. The molecule has 0 radical (unpaired) electrons. The predicted molar refractivity (Wildman–Crippen MR) is 74.0 cm³/mol. The summed E-state index contributed by atoms with van der Waals surface area (Å²) in [4.78, 5) is 2.76. The van der Waals surface area contributed by atoms with Gasteiger partial charge in [0.1, 0.15) is 0 Å². The van der Waals surface area contributed by atoms with E-state index >= 15 is 0 Å². The zero-order valence-corrected chi connectivity index (χ0v) is 11.9. The van der Waals surface area contributed by atoms with Crippen molar-refractivity contribution in [2.75, 3.05) is 13.1 Å². The van der Waals surface area contributed by atoms with Gasteiger partial charge in [-0.2, -0.15) is 0 Å². The summed E-state index contributed by atoms with van der Waals surface area (Å²) in [6.07, 6.45) is 8.24. The Hall–Kier alpha value is -0.0800. The summed E-state index contributed by atoms with van der Waals surface area (Å²) in [5.74, 6) is 0.921. The Morgan fingerprint density at radius 3 is 2.59 bits per heavy atom. The van der Waals surface area contributed by atoms with Gasteiger partial charge in [0.25, 0.3) is 0 Å². The molecule has 2 heteroatoms. The molecular formula is C15H30N2. The van der Waals surface area contributed by atoms with Gasteiger partial charge in [-0.1, -0.05) is 33.6 Å². The van der Waals surface area contributed by atoms with E-state index in [2.05, 4.69) is 25.7 Å². The summed E-state index contributed by atoms with van der Waals surface area (Å²) in [5, 5.41) is 0. The van der Waals surface area contributed by atoms with Gasteiger partial charge in [0.2, 0.25) is 0 Å². The maximum atomic E-state index is 6.03. The van der Waals surface area contributed by atoms with Crippen LogP contribution < -0.4 is 5.73 Å². The zero-order chi connectivity index (χ0) is 12.5. The van der Waals surface area contributed by atoms with Crippen molar-refractivity contribution < 1.29 is 0 Å². The van der Waals surface area contributed by atoms with Crippen LogP contribution in [0.3, 0.4) is 0 Å². The van der Waals surface area contributed by atoms with Gasteiger partial charge in [0.05, 0.1) is 0 Å². The van der Waals surface area contributed by atoms with Crippen molar-refractivity contribution in [3.05, 3.63) is 0 Å². The Bertz CT molecular complexity index is 249. The molecule has 1 saturated carbocycles. The van der Waals surface area contributed by atoms with Gasteiger partial charge in [-0.3, -0.25) is 4.90 Å². The van der Waals surface area contributed by atoms with Crippen LogP contribution in [0.15, 0.2) is 0 Å². The molecule has 2 fully saturated rings. The first-order valence-corrected chi connectivity index (χ1v) is 7.54. The molecule has 0 aromatic rings. The zero-order valence-electron chi connectivity index (χ0n) is 11.9. The highest BCUT2D eigenvalue weighted by atomic mass is 15.2. The van der Waals surface area contributed by atoms with E-state index in [1.54, 1.807) is 0 Å². The van der Waals surface area contributed by atoms with Gasteiger partial charge in [-0.25, -0.2) is 0 Å². The maximum absolute atomic E-state index is 6.03. The fourth-order valence-corrected chi connectivity index (χ4v) is 4.09. The molecular weight excluding hydrogens is 208 g/mol. The number of nitrogens with zero attached hydrogens (tertiary/aromatic N) is 1. The van der Waals surface area contributed by atoms with Crippen LogP contribution in [0.4, 0.5) is 0 Å². The van der Waals surface area contributed by atoms with E-state index in [-0.39, 0.29) is 0 Å². The summed E-state index contributed by atoms with van der Waals surface area (Å²) in [6.45, 7) is 9.36. The summed E-state index contributed by atoms with van der Waals surface area (Å²) in [5.41, 5.74) is 6.53. The van der Waals surface area contributed by atoms with Crippen molar-refractivity contribution in [2.24, 2.45) is 17.1 Å². The Kier molecular flexibility index (Phi) is 4.14. The van der Waals surface area contributed by atoms with Crippen molar-refractivity contribution in [1.82, 2.24) is 4.90 Å². The molecule has 1 heterocycles. The van der Waals surface area contributed by atoms with Crippen molar-refractivity contribution in [3.63, 3.8) is 0 Å². The third-order valence-electron chi connectivity index (χ3n) is 5.32. The molecule has 2 N–H and O–H groups in total. The van der Waals surface area contributed by atoms with Gasteiger partial charge < -0.3 is 5.73 Å². The molecule has 0 amide bonds. The Morgan fingerprint density at radius 2 is 2.06 bits per heavy atom. The van der Waals surface area contributed by atoms with Crippen LogP contribution in [-0.4, -0.2) is 30.1 Å². The SMILES string of the molecule is CCC1CCN(C2CCCC2(C)C)C(CN)C1. The minimum Gasteiger partial charge on any atom is -0.329 e. The van der Waals surface area contributed by atoms with Crippen molar-refractivity contribution >= 4 is 0 Å². The number of likely N-dealkylation sites (tertiary alicyclic amines) is 1. The lowest BCUT2D eigenvalue weighted by atomic mass is 9.81. The Labute approximate surface area is 107 Å². The second-order valence-electron chi connectivity index (χ2n) is 6.82. The van der Waals surface area contributed by atoms with Crippen LogP contribution in [0.2, 0.25) is 0 Å². The number of rotatable bonds is 3. The van der Waals surface area contributed by atoms with Crippen LogP contribution in [-0.2, 0) is 0 Å². The van der Waals surface area contributed by atoms with Crippen molar-refractivity contribution in [1.29, 1.82) is 0 Å². The minimum atomic E-state index is 0.506. The van der Waals surface area contributed by atoms with Gasteiger partial charge in [0, 0.05) is 18.6 Å². The first-order valence-electron chi connectivity index (χ1n) is 7.54. The lowest BCUT2D eigenvalue weighted by Crippen LogP contribution is -2.54.